The number of para-hydroxylation sites is 2. The third-order valence-electron chi connectivity index (χ3n) is 11.1. The molecule has 0 saturated carbocycles. The molecule has 0 amide bonds. The number of thiophene rings is 2. The fourth-order valence-electron chi connectivity index (χ4n) is 8.42. The highest BCUT2D eigenvalue weighted by atomic mass is 32.1. The molecule has 0 unspecified atom stereocenters. The molecule has 0 aliphatic rings. The summed E-state index contributed by atoms with van der Waals surface area (Å²) in [5, 5.41) is 7.56. The molecule has 0 saturated heterocycles. The lowest BCUT2D eigenvalue weighted by molar-refractivity contribution is 1.08. The van der Waals surface area contributed by atoms with E-state index >= 15 is 0 Å². The minimum absolute atomic E-state index is 0.665. The van der Waals surface area contributed by atoms with Crippen LogP contribution in [0, 0.1) is 0 Å². The molecule has 0 fully saturated rings. The zero-order chi connectivity index (χ0) is 37.5. The Kier molecular flexibility index (Phi) is 7.24. The van der Waals surface area contributed by atoms with Crippen molar-refractivity contribution in [2.75, 3.05) is 0 Å². The van der Waals surface area contributed by atoms with E-state index in [9.17, 15) is 0 Å². The molecule has 57 heavy (non-hydrogen) atoms. The van der Waals surface area contributed by atoms with Gasteiger partial charge in [0.05, 0.1) is 11.0 Å². The van der Waals surface area contributed by atoms with E-state index in [4.69, 9.17) is 15.0 Å². The highest BCUT2D eigenvalue weighted by Gasteiger charge is 2.19. The minimum atomic E-state index is 0.665. The molecule has 6 heteroatoms. The molecule has 266 valence electrons. The fraction of sp³-hybridized carbons (Fsp3) is 0. The number of fused-ring (bicyclic) bond motifs is 9. The van der Waals surface area contributed by atoms with E-state index in [1.54, 1.807) is 0 Å². The number of benzene rings is 8. The van der Waals surface area contributed by atoms with Gasteiger partial charge in [0.1, 0.15) is 0 Å². The van der Waals surface area contributed by atoms with Gasteiger partial charge < -0.3 is 4.57 Å². The monoisotopic (exact) mass is 762 g/mol. The van der Waals surface area contributed by atoms with Gasteiger partial charge in [0.15, 0.2) is 17.5 Å². The first-order chi connectivity index (χ1) is 28.2. The summed E-state index contributed by atoms with van der Waals surface area (Å²) in [5.74, 6) is 2.01. The van der Waals surface area contributed by atoms with Crippen LogP contribution in [-0.4, -0.2) is 19.5 Å². The Labute approximate surface area is 335 Å². The number of nitrogens with zero attached hydrogens (tertiary/aromatic N) is 4. The maximum absolute atomic E-state index is 5.08. The zero-order valence-electron chi connectivity index (χ0n) is 30.4. The van der Waals surface area contributed by atoms with Gasteiger partial charge >= 0.3 is 0 Å². The fourth-order valence-corrected chi connectivity index (χ4v) is 10.9. The minimum Gasteiger partial charge on any atom is -0.309 e. The second-order valence-corrected chi connectivity index (χ2v) is 16.5. The molecule has 8 aromatic carbocycles. The van der Waals surface area contributed by atoms with E-state index in [1.807, 2.05) is 59.1 Å². The average Bonchev–Trinajstić information content (AvgIpc) is 3.96. The molecule has 0 atom stereocenters. The van der Waals surface area contributed by atoms with Crippen LogP contribution < -0.4 is 0 Å². The summed E-state index contributed by atoms with van der Waals surface area (Å²) in [4.78, 5) is 15.1. The van der Waals surface area contributed by atoms with Crippen LogP contribution in [0.25, 0.3) is 113 Å². The predicted molar refractivity (Wildman–Crippen MR) is 242 cm³/mol. The highest BCUT2D eigenvalue weighted by Crippen LogP contribution is 2.45. The molecule has 12 rings (SSSR count). The lowest BCUT2D eigenvalue weighted by atomic mass is 10.0. The first-order valence-corrected chi connectivity index (χ1v) is 20.7. The molecule has 4 heterocycles. The van der Waals surface area contributed by atoms with Crippen LogP contribution in [0.5, 0.6) is 0 Å². The van der Waals surface area contributed by atoms with Crippen molar-refractivity contribution >= 4 is 84.8 Å². The number of hydrogen-bond acceptors (Lipinski definition) is 5. The largest absolute Gasteiger partial charge is 0.309 e. The summed E-state index contributed by atoms with van der Waals surface area (Å²) in [6, 6.07) is 64.9. The summed E-state index contributed by atoms with van der Waals surface area (Å²) in [6.07, 6.45) is 0. The summed E-state index contributed by atoms with van der Waals surface area (Å²) < 4.78 is 7.41. The second kappa shape index (κ2) is 12.8. The van der Waals surface area contributed by atoms with Gasteiger partial charge in [-0.05, 0) is 53.6 Å². The first kappa shape index (κ1) is 32.3. The van der Waals surface area contributed by atoms with E-state index in [0.29, 0.717) is 17.5 Å². The number of hydrogen-bond donors (Lipinski definition) is 0. The first-order valence-electron chi connectivity index (χ1n) is 19.0. The van der Waals surface area contributed by atoms with Crippen molar-refractivity contribution in [2.45, 2.75) is 0 Å². The van der Waals surface area contributed by atoms with Gasteiger partial charge in [0, 0.05) is 73.5 Å². The van der Waals surface area contributed by atoms with Crippen LogP contribution in [0.1, 0.15) is 0 Å². The van der Waals surface area contributed by atoms with E-state index in [1.165, 1.54) is 79.0 Å². The van der Waals surface area contributed by atoms with E-state index in [2.05, 4.69) is 150 Å². The Morgan fingerprint density at radius 2 is 0.877 bits per heavy atom. The van der Waals surface area contributed by atoms with Crippen molar-refractivity contribution in [1.82, 2.24) is 19.5 Å². The van der Waals surface area contributed by atoms with Crippen molar-refractivity contribution in [3.63, 3.8) is 0 Å². The van der Waals surface area contributed by atoms with Gasteiger partial charge in [0.2, 0.25) is 0 Å². The van der Waals surface area contributed by atoms with E-state index < -0.39 is 0 Å². The Morgan fingerprint density at radius 3 is 1.56 bits per heavy atom. The van der Waals surface area contributed by atoms with Crippen LogP contribution >= 0.6 is 22.7 Å². The normalized spacial score (nSPS) is 11.9. The SMILES string of the molecule is c1ccc(-c2nc(-c3ccccc3)nc(-c3cccc4c3sc3cc(-c5cccc6c5sc5ccc(-n7c8ccccc8c8ccccc87)cc56)ccc34)n2)cc1. The molecule has 4 nitrogen and oxygen atoms in total. The summed E-state index contributed by atoms with van der Waals surface area (Å²) >= 11 is 3.69. The Bertz CT molecular complexity index is 3410. The molecule has 4 aromatic heterocycles. The van der Waals surface area contributed by atoms with Gasteiger partial charge in [-0.25, -0.2) is 15.0 Å². The van der Waals surface area contributed by atoms with Crippen LogP contribution in [-0.2, 0) is 0 Å². The summed E-state index contributed by atoms with van der Waals surface area (Å²) in [5.41, 5.74) is 9.03. The molecule has 0 aliphatic heterocycles. The van der Waals surface area contributed by atoms with Gasteiger partial charge in [-0.1, -0.05) is 140 Å². The van der Waals surface area contributed by atoms with Crippen LogP contribution in [0.3, 0.4) is 0 Å². The molecule has 0 spiro atoms. The summed E-state index contributed by atoms with van der Waals surface area (Å²) in [7, 11) is 0. The number of aromatic nitrogens is 4. The van der Waals surface area contributed by atoms with Crippen molar-refractivity contribution in [1.29, 1.82) is 0 Å². The standard InChI is InChI=1S/C51H30N4S2/c1-3-13-31(14-4-1)49-52-50(32-15-5-2-6-16-32)54-51(53-49)41-22-12-20-39-38-27-25-33(29-46(38)57-48(39)41)35-19-11-21-40-42-30-34(26-28-45(42)56-47(35)40)55-43-23-9-7-17-36(43)37-18-8-10-24-44(37)55/h1-30H. The molecule has 0 radical (unpaired) electrons. The molecule has 0 N–H and O–H groups in total. The Morgan fingerprint density at radius 1 is 0.333 bits per heavy atom. The van der Waals surface area contributed by atoms with Crippen LogP contribution in [0.2, 0.25) is 0 Å². The third-order valence-corrected chi connectivity index (χ3v) is 13.5. The zero-order valence-corrected chi connectivity index (χ0v) is 32.1. The topological polar surface area (TPSA) is 43.6 Å². The van der Waals surface area contributed by atoms with Crippen LogP contribution in [0.15, 0.2) is 182 Å². The van der Waals surface area contributed by atoms with E-state index in [-0.39, 0.29) is 0 Å². The molecular weight excluding hydrogens is 733 g/mol. The third kappa shape index (κ3) is 5.15. The summed E-state index contributed by atoms with van der Waals surface area (Å²) in [6.45, 7) is 0. The maximum atomic E-state index is 5.08. The van der Waals surface area contributed by atoms with Crippen LogP contribution in [0.4, 0.5) is 0 Å². The van der Waals surface area contributed by atoms with Gasteiger partial charge in [-0.3, -0.25) is 0 Å². The molecule has 0 aliphatic carbocycles. The lowest BCUT2D eigenvalue weighted by Gasteiger charge is -2.09. The van der Waals surface area contributed by atoms with Crippen molar-refractivity contribution in [3.05, 3.63) is 182 Å². The van der Waals surface area contributed by atoms with E-state index in [0.717, 1.165) is 16.7 Å². The quantitative estimate of drug-likeness (QED) is 0.175. The average molecular weight is 763 g/mol. The van der Waals surface area contributed by atoms with Crippen molar-refractivity contribution < 1.29 is 0 Å². The lowest BCUT2D eigenvalue weighted by Crippen LogP contribution is -2.00. The predicted octanol–water partition coefficient (Wildman–Crippen LogP) is 14.4. The second-order valence-electron chi connectivity index (χ2n) is 14.4. The van der Waals surface area contributed by atoms with Gasteiger partial charge in [-0.15, -0.1) is 22.7 Å². The Balaban J connectivity index is 0.991. The number of rotatable bonds is 5. The van der Waals surface area contributed by atoms with Crippen molar-refractivity contribution in [2.24, 2.45) is 0 Å². The molecule has 0 bridgehead atoms. The smallest absolute Gasteiger partial charge is 0.165 e. The molecule has 12 aromatic rings. The maximum Gasteiger partial charge on any atom is 0.165 e. The highest BCUT2D eigenvalue weighted by molar-refractivity contribution is 7.27. The van der Waals surface area contributed by atoms with Crippen molar-refractivity contribution in [3.8, 4) is 51.0 Å². The van der Waals surface area contributed by atoms with Gasteiger partial charge in [0.25, 0.3) is 0 Å². The Hall–Kier alpha value is -6.99. The molecular formula is C51H30N4S2. The van der Waals surface area contributed by atoms with Gasteiger partial charge in [-0.2, -0.15) is 0 Å².